The summed E-state index contributed by atoms with van der Waals surface area (Å²) in [6, 6.07) is 8.88. The predicted molar refractivity (Wildman–Crippen MR) is 109 cm³/mol. The summed E-state index contributed by atoms with van der Waals surface area (Å²) in [6.07, 6.45) is 1.22. The molecule has 0 fully saturated rings. The van der Waals surface area contributed by atoms with Crippen molar-refractivity contribution in [2.24, 2.45) is 10.7 Å². The van der Waals surface area contributed by atoms with Gasteiger partial charge in [0.25, 0.3) is 0 Å². The number of hydrogen-bond donors (Lipinski definition) is 4. The lowest BCUT2D eigenvalue weighted by Gasteiger charge is -2.30. The van der Waals surface area contributed by atoms with Crippen LogP contribution in [0.1, 0.15) is 30.9 Å². The van der Waals surface area contributed by atoms with Gasteiger partial charge in [0, 0.05) is 23.4 Å². The van der Waals surface area contributed by atoms with E-state index in [2.05, 4.69) is 10.3 Å². The van der Waals surface area contributed by atoms with Crippen molar-refractivity contribution in [1.82, 2.24) is 0 Å². The first kappa shape index (κ1) is 20.0. The normalized spacial score (nSPS) is 19.1. The molecule has 2 aromatic rings. The molecule has 6 nitrogen and oxygen atoms in total. The van der Waals surface area contributed by atoms with Crippen molar-refractivity contribution in [3.8, 4) is 11.5 Å². The third-order valence-corrected chi connectivity index (χ3v) is 5.50. The Bertz CT molecular complexity index is 935. The first-order valence-electron chi connectivity index (χ1n) is 8.86. The van der Waals surface area contributed by atoms with Gasteiger partial charge in [0.1, 0.15) is 5.82 Å². The van der Waals surface area contributed by atoms with Crippen LogP contribution < -0.4 is 11.1 Å². The molecule has 1 aliphatic rings. The van der Waals surface area contributed by atoms with E-state index in [1.54, 1.807) is 12.1 Å². The standard InChI is InChI=1S/C20H22FN3O3S/c1-20(8-9-28-19(22)24-20)14-11-13(4-5-15(14)21)23-18(27)7-3-12-2-6-16(25)17(26)10-12/h2,4-6,10-11,25-26H,3,7-9H2,1H3,(H2,22,24)(H,23,27)/t20-/m0/s1. The van der Waals surface area contributed by atoms with Crippen molar-refractivity contribution in [3.63, 3.8) is 0 Å². The Kier molecular flexibility index (Phi) is 5.79. The first-order chi connectivity index (χ1) is 13.3. The third kappa shape index (κ3) is 4.56. The molecule has 3 rings (SSSR count). The molecule has 1 aliphatic heterocycles. The highest BCUT2D eigenvalue weighted by atomic mass is 32.2. The molecule has 0 spiro atoms. The molecule has 0 aliphatic carbocycles. The van der Waals surface area contributed by atoms with Crippen molar-refractivity contribution in [3.05, 3.63) is 53.3 Å². The van der Waals surface area contributed by atoms with E-state index in [1.807, 2.05) is 6.92 Å². The molecule has 5 N–H and O–H groups in total. The molecule has 1 heterocycles. The number of hydrogen-bond acceptors (Lipinski definition) is 6. The Morgan fingerprint density at radius 1 is 1.29 bits per heavy atom. The van der Waals surface area contributed by atoms with Gasteiger partial charge in [0.05, 0.1) is 5.54 Å². The number of nitrogens with one attached hydrogen (secondary N) is 1. The minimum Gasteiger partial charge on any atom is -0.504 e. The van der Waals surface area contributed by atoms with Crippen LogP contribution in [0.4, 0.5) is 10.1 Å². The lowest BCUT2D eigenvalue weighted by molar-refractivity contribution is -0.116. The number of nitrogens with zero attached hydrogens (tertiary/aromatic N) is 1. The zero-order valence-corrected chi connectivity index (χ0v) is 16.2. The van der Waals surface area contributed by atoms with Crippen molar-refractivity contribution in [2.75, 3.05) is 11.1 Å². The summed E-state index contributed by atoms with van der Waals surface area (Å²) < 4.78 is 14.4. The molecule has 28 heavy (non-hydrogen) atoms. The molecule has 0 saturated heterocycles. The number of amides is 1. The second-order valence-corrected chi connectivity index (χ2v) is 8.00. The second kappa shape index (κ2) is 8.10. The number of carbonyl (C=O) groups is 1. The molecule has 1 atom stereocenters. The van der Waals surface area contributed by atoms with Gasteiger partial charge in [-0.25, -0.2) is 4.39 Å². The van der Waals surface area contributed by atoms with E-state index >= 15 is 0 Å². The van der Waals surface area contributed by atoms with Crippen LogP contribution in [0.25, 0.3) is 0 Å². The molecule has 8 heteroatoms. The number of aliphatic imine (C=N–C) groups is 1. The Labute approximate surface area is 166 Å². The molecular formula is C20H22FN3O3S. The maximum Gasteiger partial charge on any atom is 0.224 e. The molecule has 0 aromatic heterocycles. The van der Waals surface area contributed by atoms with Crippen LogP contribution >= 0.6 is 11.8 Å². The predicted octanol–water partition coefficient (Wildman–Crippen LogP) is 3.48. The Morgan fingerprint density at radius 3 is 2.79 bits per heavy atom. The van der Waals surface area contributed by atoms with Gasteiger partial charge in [-0.05, 0) is 55.7 Å². The summed E-state index contributed by atoms with van der Waals surface area (Å²) in [7, 11) is 0. The van der Waals surface area contributed by atoms with Crippen molar-refractivity contribution in [2.45, 2.75) is 31.7 Å². The molecule has 0 bridgehead atoms. The van der Waals surface area contributed by atoms with E-state index in [4.69, 9.17) is 5.73 Å². The number of halogens is 1. The molecule has 0 unspecified atom stereocenters. The summed E-state index contributed by atoms with van der Waals surface area (Å²) in [6.45, 7) is 1.83. The zero-order valence-electron chi connectivity index (χ0n) is 15.4. The first-order valence-corrected chi connectivity index (χ1v) is 9.84. The van der Waals surface area contributed by atoms with Crippen LogP contribution in [0, 0.1) is 5.82 Å². The van der Waals surface area contributed by atoms with E-state index in [0.29, 0.717) is 29.3 Å². The lowest BCUT2D eigenvalue weighted by atomic mass is 9.89. The molecule has 148 valence electrons. The fourth-order valence-electron chi connectivity index (χ4n) is 3.10. The highest BCUT2D eigenvalue weighted by Gasteiger charge is 2.32. The number of carbonyl (C=O) groups excluding carboxylic acids is 1. The Hall–Kier alpha value is -2.74. The molecule has 0 saturated carbocycles. The van der Waals surface area contributed by atoms with Gasteiger partial charge in [-0.2, -0.15) is 0 Å². The van der Waals surface area contributed by atoms with Gasteiger partial charge in [0.15, 0.2) is 16.7 Å². The Morgan fingerprint density at radius 2 is 2.07 bits per heavy atom. The van der Waals surface area contributed by atoms with Gasteiger partial charge in [0.2, 0.25) is 5.91 Å². The van der Waals surface area contributed by atoms with Crippen LogP contribution in [0.15, 0.2) is 41.4 Å². The second-order valence-electron chi connectivity index (χ2n) is 6.89. The monoisotopic (exact) mass is 403 g/mol. The smallest absolute Gasteiger partial charge is 0.224 e. The van der Waals surface area contributed by atoms with Gasteiger partial charge in [-0.3, -0.25) is 9.79 Å². The van der Waals surface area contributed by atoms with E-state index in [9.17, 15) is 19.4 Å². The summed E-state index contributed by atoms with van der Waals surface area (Å²) in [5, 5.41) is 22.0. The average molecular weight is 403 g/mol. The number of phenolic OH excluding ortho intramolecular Hbond substituents is 2. The average Bonchev–Trinajstić information content (AvgIpc) is 2.64. The number of nitrogens with two attached hydrogens (primary N) is 1. The highest BCUT2D eigenvalue weighted by molar-refractivity contribution is 8.13. The summed E-state index contributed by atoms with van der Waals surface area (Å²) in [5.74, 6) is -0.299. The van der Waals surface area contributed by atoms with E-state index in [0.717, 1.165) is 11.3 Å². The number of aromatic hydroxyl groups is 2. The lowest BCUT2D eigenvalue weighted by Crippen LogP contribution is -2.29. The SMILES string of the molecule is C[C@@]1(c2cc(NC(=O)CCc3ccc(O)c(O)c3)ccc2F)CCSC(N)=N1. The number of amidine groups is 1. The molecule has 2 aromatic carbocycles. The third-order valence-electron chi connectivity index (χ3n) is 4.71. The fraction of sp³-hybridized carbons (Fsp3) is 0.300. The highest BCUT2D eigenvalue weighted by Crippen LogP contribution is 2.37. The number of phenols is 2. The van der Waals surface area contributed by atoms with Crippen LogP contribution in [0.3, 0.4) is 0 Å². The van der Waals surface area contributed by atoms with Crippen molar-refractivity contribution < 1.29 is 19.4 Å². The number of rotatable bonds is 5. The summed E-state index contributed by atoms with van der Waals surface area (Å²) in [4.78, 5) is 16.7. The Balaban J connectivity index is 1.69. The fourth-order valence-corrected chi connectivity index (χ4v) is 4.08. The van der Waals surface area contributed by atoms with Crippen LogP contribution in [0.2, 0.25) is 0 Å². The number of benzene rings is 2. The van der Waals surface area contributed by atoms with E-state index < -0.39 is 5.54 Å². The van der Waals surface area contributed by atoms with Crippen LogP contribution in [-0.4, -0.2) is 27.0 Å². The topological polar surface area (TPSA) is 108 Å². The maximum atomic E-state index is 14.4. The molecule has 0 radical (unpaired) electrons. The van der Waals surface area contributed by atoms with Crippen LogP contribution in [0.5, 0.6) is 11.5 Å². The van der Waals surface area contributed by atoms with Gasteiger partial charge in [-0.1, -0.05) is 17.8 Å². The quantitative estimate of drug-likeness (QED) is 0.572. The number of anilines is 1. The molecular weight excluding hydrogens is 381 g/mol. The largest absolute Gasteiger partial charge is 0.504 e. The molecule has 1 amide bonds. The zero-order chi connectivity index (χ0) is 20.3. The number of aryl methyl sites for hydroxylation is 1. The van der Waals surface area contributed by atoms with Crippen molar-refractivity contribution >= 4 is 28.5 Å². The van der Waals surface area contributed by atoms with E-state index in [-0.39, 0.29) is 29.6 Å². The van der Waals surface area contributed by atoms with Crippen LogP contribution in [-0.2, 0) is 16.8 Å². The van der Waals surface area contributed by atoms with Gasteiger partial charge < -0.3 is 21.3 Å². The van der Waals surface area contributed by atoms with Gasteiger partial charge >= 0.3 is 0 Å². The minimum atomic E-state index is -0.760. The van der Waals surface area contributed by atoms with Gasteiger partial charge in [-0.15, -0.1) is 0 Å². The van der Waals surface area contributed by atoms with Crippen molar-refractivity contribution in [1.29, 1.82) is 0 Å². The summed E-state index contributed by atoms with van der Waals surface area (Å²) >= 11 is 1.44. The maximum absolute atomic E-state index is 14.4. The minimum absolute atomic E-state index is 0.177. The summed E-state index contributed by atoms with van der Waals surface area (Å²) in [5.41, 5.74) is 6.67. The number of thioether (sulfide) groups is 1. The van der Waals surface area contributed by atoms with E-state index in [1.165, 1.54) is 36.0 Å².